The van der Waals surface area contributed by atoms with E-state index >= 15 is 0 Å². The van der Waals surface area contributed by atoms with Crippen molar-refractivity contribution in [2.75, 3.05) is 6.61 Å². The number of hydrogen-bond acceptors (Lipinski definition) is 4. The summed E-state index contributed by atoms with van der Waals surface area (Å²) in [6, 6.07) is 9.57. The molecule has 2 rings (SSSR count). The molecule has 1 aromatic heterocycles. The van der Waals surface area contributed by atoms with Crippen molar-refractivity contribution in [3.05, 3.63) is 53.9 Å². The molecule has 20 heavy (non-hydrogen) atoms. The Morgan fingerprint density at radius 3 is 2.65 bits per heavy atom. The smallest absolute Gasteiger partial charge is 0.303 e. The largest absolute Gasteiger partial charge is 0.470 e. The van der Waals surface area contributed by atoms with Crippen LogP contribution < -0.4 is 0 Å². The summed E-state index contributed by atoms with van der Waals surface area (Å²) in [6.45, 7) is -0.172. The van der Waals surface area contributed by atoms with Crippen molar-refractivity contribution in [3.8, 4) is 0 Å². The van der Waals surface area contributed by atoms with Gasteiger partial charge in [-0.25, -0.2) is 4.57 Å². The second kappa shape index (κ2) is 6.11. The van der Waals surface area contributed by atoms with Crippen LogP contribution in [0.25, 0.3) is 0 Å². The van der Waals surface area contributed by atoms with Gasteiger partial charge in [-0.3, -0.25) is 14.0 Å². The number of aromatic nitrogens is 2. The highest BCUT2D eigenvalue weighted by Crippen LogP contribution is 2.35. The number of rotatable bonds is 6. The third kappa shape index (κ3) is 4.40. The van der Waals surface area contributed by atoms with Crippen molar-refractivity contribution in [2.45, 2.75) is 6.54 Å². The summed E-state index contributed by atoms with van der Waals surface area (Å²) in [7, 11) is -4.64. The summed E-state index contributed by atoms with van der Waals surface area (Å²) in [6.07, 6.45) is 2.85. The van der Waals surface area contributed by atoms with E-state index in [0.29, 0.717) is 6.54 Å². The summed E-state index contributed by atoms with van der Waals surface area (Å²) in [5, 5.41) is 4.02. The maximum atomic E-state index is 11.6. The van der Waals surface area contributed by atoms with Crippen LogP contribution in [0.1, 0.15) is 15.9 Å². The van der Waals surface area contributed by atoms with Crippen molar-refractivity contribution in [1.29, 1.82) is 0 Å². The van der Waals surface area contributed by atoms with Crippen LogP contribution in [0.5, 0.6) is 0 Å². The van der Waals surface area contributed by atoms with E-state index in [0.717, 1.165) is 5.56 Å². The van der Waals surface area contributed by atoms with Gasteiger partial charge in [0.25, 0.3) is 0 Å². The number of phosphoric acid groups is 1. The zero-order chi connectivity index (χ0) is 14.6. The molecule has 0 atom stereocenters. The van der Waals surface area contributed by atoms with Gasteiger partial charge in [0.15, 0.2) is 5.78 Å². The maximum absolute atomic E-state index is 11.6. The highest BCUT2D eigenvalue weighted by atomic mass is 31.2. The van der Waals surface area contributed by atoms with E-state index in [1.807, 2.05) is 30.3 Å². The van der Waals surface area contributed by atoms with Gasteiger partial charge in [0.05, 0.1) is 18.3 Å². The molecule has 106 valence electrons. The standard InChI is InChI=1S/C12H13N2O5P/c15-12(9-19-20(16,17)18)11-6-13-14(8-11)7-10-4-2-1-3-5-10/h1-6,8H,7,9H2,(H2,16,17,18). The molecule has 7 nitrogen and oxygen atoms in total. The fraction of sp³-hybridized carbons (Fsp3) is 0.167. The van der Waals surface area contributed by atoms with Gasteiger partial charge in [-0.1, -0.05) is 30.3 Å². The molecule has 0 aliphatic heterocycles. The predicted octanol–water partition coefficient (Wildman–Crippen LogP) is 1.22. The fourth-order valence-electron chi connectivity index (χ4n) is 1.59. The molecular formula is C12H13N2O5P. The Morgan fingerprint density at radius 2 is 2.00 bits per heavy atom. The van der Waals surface area contributed by atoms with Crippen molar-refractivity contribution in [3.63, 3.8) is 0 Å². The molecule has 0 unspecified atom stereocenters. The molecular weight excluding hydrogens is 283 g/mol. The second-order valence-corrected chi connectivity index (χ2v) is 5.34. The summed E-state index contributed by atoms with van der Waals surface area (Å²) < 4.78 is 16.2. The van der Waals surface area contributed by atoms with Gasteiger partial charge in [-0.15, -0.1) is 0 Å². The van der Waals surface area contributed by atoms with Crippen LogP contribution in [-0.2, 0) is 15.6 Å². The second-order valence-electron chi connectivity index (χ2n) is 4.10. The molecule has 0 radical (unpaired) electrons. The zero-order valence-corrected chi connectivity index (χ0v) is 11.3. The molecule has 2 N–H and O–H groups in total. The van der Waals surface area contributed by atoms with Crippen LogP contribution >= 0.6 is 7.82 Å². The van der Waals surface area contributed by atoms with Crippen molar-refractivity contribution in [1.82, 2.24) is 9.78 Å². The molecule has 0 amide bonds. The summed E-state index contributed by atoms with van der Waals surface area (Å²) in [5.74, 6) is -0.535. The first-order chi connectivity index (χ1) is 9.44. The van der Waals surface area contributed by atoms with Gasteiger partial charge in [0, 0.05) is 6.20 Å². The van der Waals surface area contributed by atoms with E-state index in [2.05, 4.69) is 9.62 Å². The van der Waals surface area contributed by atoms with E-state index < -0.39 is 20.2 Å². The van der Waals surface area contributed by atoms with Crippen molar-refractivity contribution < 1.29 is 23.7 Å². The number of carbonyl (C=O) groups excluding carboxylic acids is 1. The molecule has 0 saturated carbocycles. The van der Waals surface area contributed by atoms with E-state index in [9.17, 15) is 9.36 Å². The quantitative estimate of drug-likeness (QED) is 0.614. The normalized spacial score (nSPS) is 11.5. The average Bonchev–Trinajstić information content (AvgIpc) is 2.85. The molecule has 0 saturated heterocycles. The number of hydrogen-bond donors (Lipinski definition) is 2. The summed E-state index contributed by atoms with van der Waals surface area (Å²) >= 11 is 0. The molecule has 0 aliphatic carbocycles. The monoisotopic (exact) mass is 296 g/mol. The molecule has 1 aromatic carbocycles. The summed E-state index contributed by atoms with van der Waals surface area (Å²) in [4.78, 5) is 28.7. The Bertz CT molecular complexity index is 634. The van der Waals surface area contributed by atoms with Gasteiger partial charge >= 0.3 is 7.82 Å². The molecule has 0 spiro atoms. The SMILES string of the molecule is O=C(COP(=O)(O)O)c1cnn(Cc2ccccc2)c1. The zero-order valence-electron chi connectivity index (χ0n) is 10.4. The first-order valence-electron chi connectivity index (χ1n) is 5.74. The lowest BCUT2D eigenvalue weighted by Gasteiger charge is -2.03. The fourth-order valence-corrected chi connectivity index (χ4v) is 1.88. The number of phosphoric ester groups is 1. The first-order valence-corrected chi connectivity index (χ1v) is 7.27. The predicted molar refractivity (Wildman–Crippen MR) is 70.1 cm³/mol. The van der Waals surface area contributed by atoms with E-state index in [1.165, 1.54) is 12.4 Å². The van der Waals surface area contributed by atoms with Gasteiger partial charge in [0.2, 0.25) is 0 Å². The minimum atomic E-state index is -4.64. The number of benzene rings is 1. The summed E-state index contributed by atoms with van der Waals surface area (Å²) in [5.41, 5.74) is 1.27. The van der Waals surface area contributed by atoms with Crippen LogP contribution in [0.3, 0.4) is 0 Å². The molecule has 1 heterocycles. The van der Waals surface area contributed by atoms with Gasteiger partial charge in [0.1, 0.15) is 6.61 Å². The topological polar surface area (TPSA) is 102 Å². The van der Waals surface area contributed by atoms with E-state index in [-0.39, 0.29) is 5.56 Å². The van der Waals surface area contributed by atoms with Gasteiger partial charge in [-0.05, 0) is 5.56 Å². The number of nitrogens with zero attached hydrogens (tertiary/aromatic N) is 2. The van der Waals surface area contributed by atoms with Crippen molar-refractivity contribution >= 4 is 13.6 Å². The number of Topliss-reactive ketones (excluding diaryl/α,β-unsaturated/α-hetero) is 1. The molecule has 8 heteroatoms. The van der Waals surface area contributed by atoms with Crippen LogP contribution in [0.2, 0.25) is 0 Å². The number of ketones is 1. The highest BCUT2D eigenvalue weighted by molar-refractivity contribution is 7.46. The minimum absolute atomic E-state index is 0.245. The van der Waals surface area contributed by atoms with E-state index in [4.69, 9.17) is 9.79 Å². The van der Waals surface area contributed by atoms with Gasteiger partial charge < -0.3 is 9.79 Å². The lowest BCUT2D eigenvalue weighted by Crippen LogP contribution is -2.07. The van der Waals surface area contributed by atoms with Crippen LogP contribution in [0, 0.1) is 0 Å². The lowest BCUT2D eigenvalue weighted by molar-refractivity contribution is 0.0884. The maximum Gasteiger partial charge on any atom is 0.470 e. The Hall–Kier alpha value is -1.79. The molecule has 0 aliphatic rings. The first kappa shape index (κ1) is 14.6. The van der Waals surface area contributed by atoms with Crippen LogP contribution in [-0.4, -0.2) is 32.0 Å². The third-order valence-electron chi connectivity index (χ3n) is 2.51. The van der Waals surface area contributed by atoms with Crippen LogP contribution in [0.15, 0.2) is 42.7 Å². The van der Waals surface area contributed by atoms with Crippen molar-refractivity contribution in [2.24, 2.45) is 0 Å². The Morgan fingerprint density at radius 1 is 1.30 bits per heavy atom. The Labute approximate surface area is 115 Å². The van der Waals surface area contributed by atoms with E-state index in [1.54, 1.807) is 4.68 Å². The molecule has 2 aromatic rings. The lowest BCUT2D eigenvalue weighted by atomic mass is 10.2. The van der Waals surface area contributed by atoms with Gasteiger partial charge in [-0.2, -0.15) is 5.10 Å². The Kier molecular flexibility index (Phi) is 4.46. The third-order valence-corrected chi connectivity index (χ3v) is 2.97. The minimum Gasteiger partial charge on any atom is -0.303 e. The number of carbonyl (C=O) groups is 1. The molecule has 0 bridgehead atoms. The Balaban J connectivity index is 1.98. The van der Waals surface area contributed by atoms with Crippen LogP contribution in [0.4, 0.5) is 0 Å². The average molecular weight is 296 g/mol. The molecule has 0 fully saturated rings. The highest BCUT2D eigenvalue weighted by Gasteiger charge is 2.18.